The number of hydrogen-bond acceptors (Lipinski definition) is 5. The first kappa shape index (κ1) is 24.7. The highest BCUT2D eigenvalue weighted by molar-refractivity contribution is 7.89. The zero-order chi connectivity index (χ0) is 23.5. The molecule has 32 heavy (non-hydrogen) atoms. The molecule has 1 aliphatic rings. The molecule has 1 heterocycles. The van der Waals surface area contributed by atoms with Crippen LogP contribution in [0, 0.1) is 0 Å². The Labute approximate surface area is 194 Å². The van der Waals surface area contributed by atoms with Crippen LogP contribution < -0.4 is 5.32 Å². The number of sulfonamides is 2. The number of carbonyl (C=O) groups excluding carboxylic acids is 1. The number of anilines is 1. The summed E-state index contributed by atoms with van der Waals surface area (Å²) in [7, 11) is -7.41. The maximum Gasteiger partial charge on any atom is 0.255 e. The second-order valence-electron chi connectivity index (χ2n) is 7.32. The van der Waals surface area contributed by atoms with Crippen molar-refractivity contribution in [1.82, 2.24) is 8.61 Å². The first-order valence-corrected chi connectivity index (χ1v) is 13.6. The Hall–Kier alpha value is -1.98. The van der Waals surface area contributed by atoms with Crippen LogP contribution in [0.3, 0.4) is 0 Å². The van der Waals surface area contributed by atoms with E-state index in [1.807, 2.05) is 0 Å². The molecule has 0 aromatic heterocycles. The maximum absolute atomic E-state index is 12.8. The first-order chi connectivity index (χ1) is 15.1. The Morgan fingerprint density at radius 3 is 2.28 bits per heavy atom. The van der Waals surface area contributed by atoms with Crippen molar-refractivity contribution in [3.63, 3.8) is 0 Å². The van der Waals surface area contributed by atoms with Gasteiger partial charge in [-0.1, -0.05) is 31.5 Å². The van der Waals surface area contributed by atoms with Gasteiger partial charge in [-0.05, 0) is 49.2 Å². The van der Waals surface area contributed by atoms with Gasteiger partial charge < -0.3 is 5.32 Å². The molecule has 0 radical (unpaired) electrons. The van der Waals surface area contributed by atoms with Gasteiger partial charge in [0.15, 0.2) is 0 Å². The molecule has 0 spiro atoms. The number of carbonyl (C=O) groups is 1. The molecule has 0 atom stereocenters. The summed E-state index contributed by atoms with van der Waals surface area (Å²) in [4.78, 5) is 12.9. The van der Waals surface area contributed by atoms with Crippen molar-refractivity contribution < 1.29 is 21.6 Å². The van der Waals surface area contributed by atoms with Crippen LogP contribution in [0.4, 0.5) is 5.69 Å². The van der Waals surface area contributed by atoms with Crippen LogP contribution in [-0.4, -0.2) is 57.5 Å². The maximum atomic E-state index is 12.8. The molecule has 1 amide bonds. The Balaban J connectivity index is 1.88. The van der Waals surface area contributed by atoms with Crippen LogP contribution in [0.5, 0.6) is 0 Å². The van der Waals surface area contributed by atoms with Crippen molar-refractivity contribution in [3.8, 4) is 0 Å². The molecule has 0 saturated carbocycles. The minimum absolute atomic E-state index is 0.00580. The molecule has 1 saturated heterocycles. The average molecular weight is 500 g/mol. The Kier molecular flexibility index (Phi) is 7.61. The van der Waals surface area contributed by atoms with E-state index in [0.717, 1.165) is 12.8 Å². The fourth-order valence-corrected chi connectivity index (χ4v) is 6.76. The van der Waals surface area contributed by atoms with E-state index in [-0.39, 0.29) is 26.1 Å². The quantitative estimate of drug-likeness (QED) is 0.599. The van der Waals surface area contributed by atoms with Crippen LogP contribution in [0.2, 0.25) is 5.02 Å². The summed E-state index contributed by atoms with van der Waals surface area (Å²) in [6.07, 6.45) is 1.62. The largest absolute Gasteiger partial charge is 0.321 e. The fraction of sp³-hybridized carbons (Fsp3) is 0.381. The van der Waals surface area contributed by atoms with Crippen molar-refractivity contribution >= 4 is 43.2 Å². The third-order valence-corrected chi connectivity index (χ3v) is 9.60. The van der Waals surface area contributed by atoms with Crippen molar-refractivity contribution in [1.29, 1.82) is 0 Å². The third-order valence-electron chi connectivity index (χ3n) is 5.33. The van der Waals surface area contributed by atoms with Gasteiger partial charge in [0.1, 0.15) is 0 Å². The van der Waals surface area contributed by atoms with Gasteiger partial charge in [0, 0.05) is 31.7 Å². The van der Waals surface area contributed by atoms with E-state index in [1.54, 1.807) is 13.8 Å². The van der Waals surface area contributed by atoms with Crippen molar-refractivity contribution in [2.24, 2.45) is 0 Å². The molecule has 1 aliphatic heterocycles. The minimum Gasteiger partial charge on any atom is -0.321 e. The fourth-order valence-electron chi connectivity index (χ4n) is 3.54. The minimum atomic E-state index is -3.74. The molecular formula is C21H26ClN3O5S2. The van der Waals surface area contributed by atoms with E-state index in [1.165, 1.54) is 51.1 Å². The van der Waals surface area contributed by atoms with Crippen LogP contribution in [-0.2, 0) is 20.0 Å². The molecule has 1 N–H and O–H groups in total. The van der Waals surface area contributed by atoms with Crippen LogP contribution in [0.15, 0.2) is 52.3 Å². The summed E-state index contributed by atoms with van der Waals surface area (Å²) in [6, 6.07) is 9.85. The number of benzene rings is 2. The van der Waals surface area contributed by atoms with Gasteiger partial charge in [0.25, 0.3) is 5.91 Å². The summed E-state index contributed by atoms with van der Waals surface area (Å²) in [6.45, 7) is 5.01. The topological polar surface area (TPSA) is 104 Å². The van der Waals surface area contributed by atoms with Crippen molar-refractivity contribution in [3.05, 3.63) is 53.1 Å². The second-order valence-corrected chi connectivity index (χ2v) is 11.6. The molecule has 0 bridgehead atoms. The monoisotopic (exact) mass is 499 g/mol. The van der Waals surface area contributed by atoms with Gasteiger partial charge in [0.05, 0.1) is 20.5 Å². The van der Waals surface area contributed by atoms with Crippen molar-refractivity contribution in [2.75, 3.05) is 31.5 Å². The summed E-state index contributed by atoms with van der Waals surface area (Å²) < 4.78 is 53.9. The predicted octanol–water partition coefficient (Wildman–Crippen LogP) is 3.41. The molecule has 0 unspecified atom stereocenters. The average Bonchev–Trinajstić information content (AvgIpc) is 3.32. The summed E-state index contributed by atoms with van der Waals surface area (Å²) >= 11 is 6.19. The van der Waals surface area contributed by atoms with Crippen LogP contribution >= 0.6 is 11.6 Å². The Morgan fingerprint density at radius 1 is 1.00 bits per heavy atom. The molecule has 0 aliphatic carbocycles. The highest BCUT2D eigenvalue weighted by atomic mass is 35.5. The second kappa shape index (κ2) is 9.88. The number of nitrogens with zero attached hydrogens (tertiary/aromatic N) is 2. The molecular weight excluding hydrogens is 474 g/mol. The van der Waals surface area contributed by atoms with Crippen LogP contribution in [0.25, 0.3) is 0 Å². The molecule has 174 valence electrons. The molecule has 11 heteroatoms. The molecule has 3 rings (SSSR count). The van der Waals surface area contributed by atoms with Gasteiger partial charge in [-0.15, -0.1) is 0 Å². The Bertz CT molecular complexity index is 1210. The van der Waals surface area contributed by atoms with Gasteiger partial charge in [-0.3, -0.25) is 4.79 Å². The van der Waals surface area contributed by atoms with E-state index >= 15 is 0 Å². The van der Waals surface area contributed by atoms with Gasteiger partial charge >= 0.3 is 0 Å². The summed E-state index contributed by atoms with van der Waals surface area (Å²) in [5, 5.41) is 2.76. The van der Waals surface area contributed by atoms with Gasteiger partial charge in [-0.25, -0.2) is 16.8 Å². The lowest BCUT2D eigenvalue weighted by molar-refractivity contribution is 0.102. The normalized spacial score (nSPS) is 15.2. The first-order valence-electron chi connectivity index (χ1n) is 10.3. The lowest BCUT2D eigenvalue weighted by atomic mass is 10.2. The van der Waals surface area contributed by atoms with Crippen molar-refractivity contribution in [2.45, 2.75) is 36.5 Å². The molecule has 8 nitrogen and oxygen atoms in total. The standard InChI is InChI=1S/C21H26ClN3O5S2/c1-3-24(4-2)31(27,28)18-10-11-19(22)20(15-18)23-21(26)16-8-7-9-17(14-16)32(29,30)25-12-5-6-13-25/h7-11,14-15H,3-6,12-13H2,1-2H3,(H,23,26). The van der Waals surface area contributed by atoms with E-state index < -0.39 is 26.0 Å². The zero-order valence-corrected chi connectivity index (χ0v) is 20.3. The summed E-state index contributed by atoms with van der Waals surface area (Å²) in [5.41, 5.74) is 0.246. The number of hydrogen-bond donors (Lipinski definition) is 1. The van der Waals surface area contributed by atoms with Gasteiger partial charge in [-0.2, -0.15) is 8.61 Å². The number of rotatable bonds is 8. The zero-order valence-electron chi connectivity index (χ0n) is 17.9. The molecule has 1 fully saturated rings. The third kappa shape index (κ3) is 4.99. The van der Waals surface area contributed by atoms with E-state index in [4.69, 9.17) is 11.6 Å². The number of amides is 1. The molecule has 2 aromatic rings. The highest BCUT2D eigenvalue weighted by Gasteiger charge is 2.28. The molecule has 2 aromatic carbocycles. The SMILES string of the molecule is CCN(CC)S(=O)(=O)c1ccc(Cl)c(NC(=O)c2cccc(S(=O)(=O)N3CCCC3)c2)c1. The summed E-state index contributed by atoms with van der Waals surface area (Å²) in [5.74, 6) is -0.595. The predicted molar refractivity (Wildman–Crippen MR) is 124 cm³/mol. The number of nitrogens with one attached hydrogen (secondary N) is 1. The smallest absolute Gasteiger partial charge is 0.255 e. The highest BCUT2D eigenvalue weighted by Crippen LogP contribution is 2.28. The lowest BCUT2D eigenvalue weighted by Gasteiger charge is -2.19. The van der Waals surface area contributed by atoms with E-state index in [9.17, 15) is 21.6 Å². The van der Waals surface area contributed by atoms with Crippen LogP contribution in [0.1, 0.15) is 37.0 Å². The van der Waals surface area contributed by atoms with E-state index in [2.05, 4.69) is 5.32 Å². The van der Waals surface area contributed by atoms with Gasteiger partial charge in [0.2, 0.25) is 20.0 Å². The lowest BCUT2D eigenvalue weighted by Crippen LogP contribution is -2.30. The Morgan fingerprint density at radius 2 is 1.66 bits per heavy atom. The number of halogens is 1. The van der Waals surface area contributed by atoms with E-state index in [0.29, 0.717) is 26.2 Å².